The molecule has 4 nitrogen and oxygen atoms in total. The molecule has 1 heterocycles. The highest BCUT2D eigenvalue weighted by atomic mass is 19.4. The fourth-order valence-electron chi connectivity index (χ4n) is 2.67. The zero-order valence-corrected chi connectivity index (χ0v) is 14.0. The predicted molar refractivity (Wildman–Crippen MR) is 84.7 cm³/mol. The van der Waals surface area contributed by atoms with Crippen molar-refractivity contribution in [2.24, 2.45) is 0 Å². The third kappa shape index (κ3) is 3.60. The second-order valence-electron chi connectivity index (χ2n) is 5.68. The van der Waals surface area contributed by atoms with Crippen molar-refractivity contribution in [1.29, 1.82) is 0 Å². The molecule has 24 heavy (non-hydrogen) atoms. The summed E-state index contributed by atoms with van der Waals surface area (Å²) >= 11 is 0. The van der Waals surface area contributed by atoms with Crippen molar-refractivity contribution in [2.45, 2.75) is 46.5 Å². The van der Waals surface area contributed by atoms with Crippen LogP contribution in [0.1, 0.15) is 52.8 Å². The van der Waals surface area contributed by atoms with Gasteiger partial charge in [0.15, 0.2) is 0 Å². The first-order valence-corrected chi connectivity index (χ1v) is 7.67. The van der Waals surface area contributed by atoms with Crippen molar-refractivity contribution in [3.63, 3.8) is 0 Å². The maximum absolute atomic E-state index is 12.8. The van der Waals surface area contributed by atoms with Gasteiger partial charge in [0, 0.05) is 12.2 Å². The van der Waals surface area contributed by atoms with Crippen molar-refractivity contribution in [1.82, 2.24) is 15.1 Å². The molecule has 1 amide bonds. The fraction of sp³-hybridized carbons (Fsp3) is 0.412. The molecule has 2 aromatic rings. The Kier molecular flexibility index (Phi) is 5.01. The number of hydrogen-bond acceptors (Lipinski definition) is 2. The van der Waals surface area contributed by atoms with Crippen molar-refractivity contribution < 1.29 is 18.0 Å². The monoisotopic (exact) mass is 339 g/mol. The van der Waals surface area contributed by atoms with E-state index in [9.17, 15) is 18.0 Å². The topological polar surface area (TPSA) is 46.9 Å². The lowest BCUT2D eigenvalue weighted by Gasteiger charge is -2.16. The zero-order chi connectivity index (χ0) is 18.1. The summed E-state index contributed by atoms with van der Waals surface area (Å²) in [5.41, 5.74) is 1.48. The minimum absolute atomic E-state index is 0.338. The number of benzene rings is 1. The van der Waals surface area contributed by atoms with Gasteiger partial charge in [-0.05, 0) is 45.4 Å². The number of nitrogens with zero attached hydrogens (tertiary/aromatic N) is 2. The van der Waals surface area contributed by atoms with Gasteiger partial charge in [-0.25, -0.2) is 0 Å². The fourth-order valence-corrected chi connectivity index (χ4v) is 2.67. The Balaban J connectivity index is 2.22. The van der Waals surface area contributed by atoms with Gasteiger partial charge in [-0.2, -0.15) is 18.3 Å². The third-order valence-electron chi connectivity index (χ3n) is 3.97. The van der Waals surface area contributed by atoms with Gasteiger partial charge in [-0.3, -0.25) is 9.48 Å². The van der Waals surface area contributed by atoms with Crippen LogP contribution in [0.15, 0.2) is 24.3 Å². The average Bonchev–Trinajstić information content (AvgIpc) is 2.80. The molecule has 0 bridgehead atoms. The predicted octanol–water partition coefficient (Wildman–Crippen LogP) is 4.03. The van der Waals surface area contributed by atoms with Gasteiger partial charge in [0.2, 0.25) is 0 Å². The zero-order valence-electron chi connectivity index (χ0n) is 14.0. The third-order valence-corrected chi connectivity index (χ3v) is 3.97. The van der Waals surface area contributed by atoms with Crippen molar-refractivity contribution in [2.75, 3.05) is 0 Å². The normalized spacial score (nSPS) is 13.0. The lowest BCUT2D eigenvalue weighted by atomic mass is 10.0. The van der Waals surface area contributed by atoms with Gasteiger partial charge >= 0.3 is 6.18 Å². The highest BCUT2D eigenvalue weighted by Crippen LogP contribution is 2.30. The highest BCUT2D eigenvalue weighted by molar-refractivity contribution is 5.96. The number of carbonyl (C=O) groups is 1. The van der Waals surface area contributed by atoms with E-state index in [-0.39, 0.29) is 5.91 Å². The highest BCUT2D eigenvalue weighted by Gasteiger charge is 2.31. The molecule has 0 spiro atoms. The molecule has 2 rings (SSSR count). The minimum Gasteiger partial charge on any atom is -0.345 e. The minimum atomic E-state index is -4.41. The standard InChI is InChI=1S/C17H20F3N3O/c1-5-23-12(4)15(11(3)22-23)16(24)21-10(2)13-7-6-8-14(9-13)17(18,19)20/h6-10H,5H2,1-4H3,(H,21,24). The van der Waals surface area contributed by atoms with Crippen LogP contribution < -0.4 is 5.32 Å². The maximum atomic E-state index is 12.8. The maximum Gasteiger partial charge on any atom is 0.416 e. The van der Waals surface area contributed by atoms with Crippen LogP contribution in [0.25, 0.3) is 0 Å². The molecular formula is C17H20F3N3O. The summed E-state index contributed by atoms with van der Waals surface area (Å²) in [6.07, 6.45) is -4.41. The van der Waals surface area contributed by atoms with Gasteiger partial charge in [-0.1, -0.05) is 12.1 Å². The summed E-state index contributed by atoms with van der Waals surface area (Å²) in [5, 5.41) is 7.03. The van der Waals surface area contributed by atoms with Crippen LogP contribution in [-0.4, -0.2) is 15.7 Å². The molecule has 1 aromatic heterocycles. The Hall–Kier alpha value is -2.31. The van der Waals surface area contributed by atoms with Crippen LogP contribution in [0.3, 0.4) is 0 Å². The first-order valence-electron chi connectivity index (χ1n) is 7.67. The van der Waals surface area contributed by atoms with E-state index < -0.39 is 17.8 Å². The molecule has 7 heteroatoms. The lowest BCUT2D eigenvalue weighted by molar-refractivity contribution is -0.137. The van der Waals surface area contributed by atoms with E-state index in [2.05, 4.69) is 10.4 Å². The molecule has 0 radical (unpaired) electrons. The quantitative estimate of drug-likeness (QED) is 0.914. The molecule has 1 atom stereocenters. The summed E-state index contributed by atoms with van der Waals surface area (Å²) < 4.78 is 40.1. The summed E-state index contributed by atoms with van der Waals surface area (Å²) in [6, 6.07) is 4.42. The molecule has 1 aromatic carbocycles. The molecule has 0 aliphatic rings. The smallest absolute Gasteiger partial charge is 0.345 e. The molecule has 0 saturated carbocycles. The molecule has 0 saturated heterocycles. The molecule has 0 aliphatic carbocycles. The summed E-state index contributed by atoms with van der Waals surface area (Å²) in [6.45, 7) is 7.76. The van der Waals surface area contributed by atoms with E-state index in [1.807, 2.05) is 6.92 Å². The van der Waals surface area contributed by atoms with Crippen molar-refractivity contribution >= 4 is 5.91 Å². The van der Waals surface area contributed by atoms with Crippen LogP contribution in [0.5, 0.6) is 0 Å². The molecular weight excluding hydrogens is 319 g/mol. The van der Waals surface area contributed by atoms with Gasteiger partial charge in [0.1, 0.15) is 0 Å². The molecule has 130 valence electrons. The van der Waals surface area contributed by atoms with Crippen molar-refractivity contribution in [3.05, 3.63) is 52.3 Å². The van der Waals surface area contributed by atoms with E-state index in [4.69, 9.17) is 0 Å². The number of aromatic nitrogens is 2. The van der Waals surface area contributed by atoms with Crippen LogP contribution in [0.2, 0.25) is 0 Å². The Morgan fingerprint density at radius 2 is 2.00 bits per heavy atom. The Labute approximate surface area is 138 Å². The number of aryl methyl sites for hydroxylation is 2. The largest absolute Gasteiger partial charge is 0.416 e. The summed E-state index contributed by atoms with van der Waals surface area (Å²) in [5.74, 6) is -0.338. The molecule has 1 unspecified atom stereocenters. The van der Waals surface area contributed by atoms with E-state index in [1.54, 1.807) is 31.5 Å². The Morgan fingerprint density at radius 3 is 2.54 bits per heavy atom. The van der Waals surface area contributed by atoms with E-state index >= 15 is 0 Å². The number of rotatable bonds is 4. The molecule has 1 N–H and O–H groups in total. The number of nitrogens with one attached hydrogen (secondary N) is 1. The van der Waals surface area contributed by atoms with Gasteiger partial charge in [-0.15, -0.1) is 0 Å². The molecule has 0 aliphatic heterocycles. The average molecular weight is 339 g/mol. The number of amides is 1. The SMILES string of the molecule is CCn1nc(C)c(C(=O)NC(C)c2cccc(C(F)(F)F)c2)c1C. The van der Waals surface area contributed by atoms with Crippen LogP contribution in [0, 0.1) is 13.8 Å². The Bertz CT molecular complexity index is 750. The number of alkyl halides is 3. The number of halogens is 3. The van der Waals surface area contributed by atoms with Gasteiger partial charge < -0.3 is 5.32 Å². The van der Waals surface area contributed by atoms with E-state index in [0.717, 1.165) is 17.8 Å². The first kappa shape index (κ1) is 18.0. The molecule has 0 fully saturated rings. The second-order valence-corrected chi connectivity index (χ2v) is 5.68. The summed E-state index contributed by atoms with van der Waals surface area (Å²) in [7, 11) is 0. The lowest BCUT2D eigenvalue weighted by Crippen LogP contribution is -2.27. The van der Waals surface area contributed by atoms with Crippen LogP contribution in [0.4, 0.5) is 13.2 Å². The first-order chi connectivity index (χ1) is 11.1. The van der Waals surface area contributed by atoms with Crippen molar-refractivity contribution in [3.8, 4) is 0 Å². The number of hydrogen-bond donors (Lipinski definition) is 1. The van der Waals surface area contributed by atoms with Gasteiger partial charge in [0.05, 0.1) is 22.9 Å². The second kappa shape index (κ2) is 6.67. The van der Waals surface area contributed by atoms with E-state index in [0.29, 0.717) is 23.4 Å². The van der Waals surface area contributed by atoms with Crippen LogP contribution >= 0.6 is 0 Å². The van der Waals surface area contributed by atoms with Crippen LogP contribution in [-0.2, 0) is 12.7 Å². The van der Waals surface area contributed by atoms with E-state index in [1.165, 1.54) is 6.07 Å². The van der Waals surface area contributed by atoms with Gasteiger partial charge in [0.25, 0.3) is 5.91 Å². The summed E-state index contributed by atoms with van der Waals surface area (Å²) in [4.78, 5) is 12.5. The Morgan fingerprint density at radius 1 is 1.33 bits per heavy atom. The number of carbonyl (C=O) groups excluding carboxylic acids is 1.